The molecule has 0 aliphatic carbocycles. The Morgan fingerprint density at radius 3 is 0.765 bits per heavy atom. The van der Waals surface area contributed by atoms with Gasteiger partial charge in [-0.15, -0.1) is 16.8 Å². The third-order valence-corrected chi connectivity index (χ3v) is 2.43. The zero-order valence-electron chi connectivity index (χ0n) is 16.6. The summed E-state index contributed by atoms with van der Waals surface area (Å²) in [6, 6.07) is 0. The summed E-state index contributed by atoms with van der Waals surface area (Å²) in [7, 11) is -29.7. The molecule has 0 aromatic carbocycles. The third kappa shape index (κ3) is 422. The maximum Gasteiger partial charge on any atom is 1.00 e. The monoisotopic (exact) mass is 644 g/mol. The van der Waals surface area contributed by atoms with Gasteiger partial charge in [0.2, 0.25) is 0 Å². The number of halogens is 5. The molecule has 0 saturated carbocycles. The molecule has 0 amide bonds. The van der Waals surface area contributed by atoms with E-state index in [0.717, 1.165) is 0 Å². The average Bonchev–Trinajstić information content (AvgIpc) is 2.25. The van der Waals surface area contributed by atoms with Crippen LogP contribution in [0.4, 0.5) is 21.0 Å². The van der Waals surface area contributed by atoms with Crippen LogP contribution in [-0.4, -0.2) is 62.3 Å². The van der Waals surface area contributed by atoms with Gasteiger partial charge in [0, 0.05) is 0 Å². The molecular formula is C4H19F5LiO18P5S. The first-order valence-corrected chi connectivity index (χ1v) is 15.2. The Morgan fingerprint density at radius 2 is 0.765 bits per heavy atom. The predicted molar refractivity (Wildman–Crippen MR) is 94.8 cm³/mol. The van der Waals surface area contributed by atoms with Crippen LogP contribution >= 0.6 is 39.5 Å². The summed E-state index contributed by atoms with van der Waals surface area (Å²) < 4.78 is 123. The van der Waals surface area contributed by atoms with Crippen molar-refractivity contribution in [1.29, 1.82) is 0 Å². The molecule has 0 aliphatic heterocycles. The summed E-state index contributed by atoms with van der Waals surface area (Å²) in [5.41, 5.74) is 0. The minimum absolute atomic E-state index is 0. The first kappa shape index (κ1) is 51.5. The van der Waals surface area contributed by atoms with Crippen LogP contribution in [0.1, 0.15) is 20.3 Å². The zero-order valence-corrected chi connectivity index (χ0v) is 21.8. The first-order valence-electron chi connectivity index (χ1n) is 6.18. The van der Waals surface area contributed by atoms with Gasteiger partial charge in [0.25, 0.3) is 10.1 Å². The van der Waals surface area contributed by atoms with Crippen LogP contribution in [0.3, 0.4) is 0 Å². The summed E-state index contributed by atoms with van der Waals surface area (Å²) in [6.07, 6.45) is 0.457. The van der Waals surface area contributed by atoms with Gasteiger partial charge in [0.15, 0.2) is 0 Å². The van der Waals surface area contributed by atoms with E-state index in [0.29, 0.717) is 6.42 Å². The summed E-state index contributed by atoms with van der Waals surface area (Å²) in [5, 5.41) is -0.623. The van der Waals surface area contributed by atoms with Crippen LogP contribution in [0.5, 0.6) is 0 Å². The Hall–Kier alpha value is 0.907. The van der Waals surface area contributed by atoms with Crippen molar-refractivity contribution in [2.75, 3.05) is 0 Å². The summed E-state index contributed by atoms with van der Waals surface area (Å²) >= 11 is 0. The standard InChI is InChI=1S/C4H10O3S.5FH2O3P.Li/c1-3-4(2)8(5,6)7;5*1-5(2,3)4;/h4H,3H2,1-2H3,(H,5,6,7);5*(H2,2,3,4);/q;;;;;;+1/p-1. The Morgan fingerprint density at radius 1 is 0.676 bits per heavy atom. The Kier molecular flexibility index (Phi) is 33.3. The van der Waals surface area contributed by atoms with Gasteiger partial charge in [-0.2, -0.15) is 12.6 Å². The maximum atomic E-state index is 10.4. The smallest absolute Gasteiger partial charge is 0.753 e. The normalized spacial score (nSPS) is 13.8. The van der Waals surface area contributed by atoms with Crippen LogP contribution < -0.4 is 23.8 Å². The third-order valence-electron chi connectivity index (χ3n) is 1.08. The second-order valence-electron chi connectivity index (χ2n) is 4.08. The van der Waals surface area contributed by atoms with Crippen molar-refractivity contribution in [3.63, 3.8) is 0 Å². The minimum atomic E-state index is -5.39. The Balaban J connectivity index is -0.0000000518. The van der Waals surface area contributed by atoms with Crippen molar-refractivity contribution in [1.82, 2.24) is 0 Å². The molecule has 2 unspecified atom stereocenters. The summed E-state index contributed by atoms with van der Waals surface area (Å²) in [5.74, 6) is 0. The maximum absolute atomic E-state index is 10.4. The van der Waals surface area contributed by atoms with Crippen LogP contribution in [-0.2, 0) is 32.9 Å². The van der Waals surface area contributed by atoms with Gasteiger partial charge in [0.05, 0.1) is 5.25 Å². The van der Waals surface area contributed by atoms with Crippen molar-refractivity contribution in [2.24, 2.45) is 0 Å². The molecule has 0 spiro atoms. The van der Waals surface area contributed by atoms with Crippen molar-refractivity contribution in [2.45, 2.75) is 25.5 Å². The minimum Gasteiger partial charge on any atom is -0.753 e. The number of hydrogen-bond acceptors (Lipinski definition) is 8. The van der Waals surface area contributed by atoms with E-state index >= 15 is 0 Å². The second kappa shape index (κ2) is 21.9. The molecule has 10 N–H and O–H groups in total. The summed E-state index contributed by atoms with van der Waals surface area (Å²) in [6.45, 7) is 3.17. The van der Waals surface area contributed by atoms with E-state index in [-0.39, 0.29) is 18.9 Å². The van der Waals surface area contributed by atoms with E-state index in [1.165, 1.54) is 6.92 Å². The fourth-order valence-electron chi connectivity index (χ4n) is 0.211. The molecule has 0 radical (unpaired) electrons. The van der Waals surface area contributed by atoms with Gasteiger partial charge in [-0.3, -0.25) is 48.3 Å². The molecule has 0 bridgehead atoms. The SMILES string of the molecule is CCC(C)S(=O)(=O)O.O=P(O)(O)F.O=P(O)(O)F.O=P(O)(O)F.O=P(O)(O)F.O=P([O-])(O)F.[Li+]. The van der Waals surface area contributed by atoms with Gasteiger partial charge in [-0.1, -0.05) is 6.92 Å². The van der Waals surface area contributed by atoms with Gasteiger partial charge in [-0.05, 0) is 13.3 Å². The van der Waals surface area contributed by atoms with E-state index in [4.69, 9.17) is 76.3 Å². The molecule has 2 atom stereocenters. The molecule has 0 aromatic heterocycles. The van der Waals surface area contributed by atoms with Gasteiger partial charge in [-0.25, -0.2) is 18.3 Å². The first-order chi connectivity index (χ1) is 13.5. The van der Waals surface area contributed by atoms with Crippen LogP contribution in [0, 0.1) is 0 Å². The largest absolute Gasteiger partial charge is 1.00 e. The molecule has 0 aliphatic rings. The van der Waals surface area contributed by atoms with E-state index in [1.807, 2.05) is 0 Å². The molecular weight excluding hydrogens is 625 g/mol. The molecule has 210 valence electrons. The molecule has 0 aromatic rings. The van der Waals surface area contributed by atoms with Gasteiger partial charge in [0.1, 0.15) is 0 Å². The number of rotatable bonds is 2. The van der Waals surface area contributed by atoms with Crippen molar-refractivity contribution in [3.8, 4) is 0 Å². The molecule has 18 nitrogen and oxygen atoms in total. The van der Waals surface area contributed by atoms with E-state index in [9.17, 15) is 29.4 Å². The Labute approximate surface area is 199 Å². The van der Waals surface area contributed by atoms with Gasteiger partial charge < -0.3 is 9.79 Å². The molecule has 0 rings (SSSR count). The average molecular weight is 644 g/mol. The van der Waals surface area contributed by atoms with Crippen molar-refractivity contribution in [3.05, 3.63) is 0 Å². The molecule has 30 heteroatoms. The quantitative estimate of drug-likeness (QED) is 0.0632. The second-order valence-corrected chi connectivity index (χ2v) is 10.6. The van der Waals surface area contributed by atoms with Crippen LogP contribution in [0.2, 0.25) is 0 Å². The zero-order chi connectivity index (χ0) is 29.3. The molecule has 0 saturated heterocycles. The van der Waals surface area contributed by atoms with Crippen LogP contribution in [0.25, 0.3) is 0 Å². The Bertz CT molecular complexity index is 666. The predicted octanol–water partition coefficient (Wildman–Crippen LogP) is -2.71. The summed E-state index contributed by atoms with van der Waals surface area (Å²) in [4.78, 5) is 71.1. The van der Waals surface area contributed by atoms with E-state index in [2.05, 4.69) is 0 Å². The molecule has 34 heavy (non-hydrogen) atoms. The molecule has 0 heterocycles. The topological polar surface area (TPSA) is 345 Å². The van der Waals surface area contributed by atoms with Gasteiger partial charge >= 0.3 is 58.4 Å². The fourth-order valence-corrected chi connectivity index (χ4v) is 0.632. The van der Waals surface area contributed by atoms with Crippen molar-refractivity contribution < 1.29 is 125 Å². The van der Waals surface area contributed by atoms with E-state index in [1.54, 1.807) is 6.92 Å². The van der Waals surface area contributed by atoms with Crippen LogP contribution in [0.15, 0.2) is 0 Å². The fraction of sp³-hybridized carbons (Fsp3) is 1.00. The van der Waals surface area contributed by atoms with E-state index < -0.39 is 54.9 Å². The van der Waals surface area contributed by atoms with Crippen molar-refractivity contribution >= 4 is 49.7 Å². The molecule has 0 fully saturated rings. The number of hydrogen-bond donors (Lipinski definition) is 10.